The Balaban J connectivity index is 2.12. The van der Waals surface area contributed by atoms with E-state index in [1.165, 1.54) is 18.6 Å². The van der Waals surface area contributed by atoms with E-state index in [1.807, 2.05) is 6.26 Å². The van der Waals surface area contributed by atoms with Crippen molar-refractivity contribution in [1.82, 2.24) is 0 Å². The van der Waals surface area contributed by atoms with Crippen LogP contribution in [-0.2, 0) is 0 Å². The average Bonchev–Trinajstić information content (AvgIpc) is 2.28. The molecule has 0 radical (unpaired) electrons. The first-order valence-corrected chi connectivity index (χ1v) is 7.02. The summed E-state index contributed by atoms with van der Waals surface area (Å²) in [4.78, 5) is 10.4. The van der Waals surface area contributed by atoms with Crippen LogP contribution in [-0.4, -0.2) is 22.5 Å². The summed E-state index contributed by atoms with van der Waals surface area (Å²) in [7, 11) is 0. The zero-order valence-electron chi connectivity index (χ0n) is 10.1. The summed E-state index contributed by atoms with van der Waals surface area (Å²) in [6, 6.07) is 3.49. The van der Waals surface area contributed by atoms with E-state index in [4.69, 9.17) is 0 Å². The van der Waals surface area contributed by atoms with Gasteiger partial charge in [0.2, 0.25) is 0 Å². The minimum absolute atomic E-state index is 0.0769. The molecule has 0 amide bonds. The molecule has 0 saturated heterocycles. The lowest BCUT2D eigenvalue weighted by atomic mass is 9.84. The molecule has 0 aromatic heterocycles. The van der Waals surface area contributed by atoms with Gasteiger partial charge in [0, 0.05) is 23.4 Å². The third-order valence-corrected chi connectivity index (χ3v) is 4.87. The van der Waals surface area contributed by atoms with Crippen LogP contribution < -0.4 is 5.32 Å². The van der Waals surface area contributed by atoms with E-state index in [0.717, 1.165) is 18.9 Å². The number of hydrogen-bond donors (Lipinski definition) is 1. The first-order valence-electron chi connectivity index (χ1n) is 5.79. The Morgan fingerprint density at radius 1 is 1.56 bits per heavy atom. The molecule has 1 aliphatic rings. The molecule has 2 rings (SSSR count). The van der Waals surface area contributed by atoms with Crippen LogP contribution >= 0.6 is 11.8 Å². The monoisotopic (exact) mass is 270 g/mol. The van der Waals surface area contributed by atoms with E-state index in [-0.39, 0.29) is 16.1 Å². The van der Waals surface area contributed by atoms with Gasteiger partial charge in [-0.3, -0.25) is 10.1 Å². The second-order valence-electron chi connectivity index (χ2n) is 4.51. The van der Waals surface area contributed by atoms with E-state index in [9.17, 15) is 14.5 Å². The smallest absolute Gasteiger partial charge is 0.292 e. The molecule has 0 spiro atoms. The number of nitro groups is 1. The van der Waals surface area contributed by atoms with Crippen molar-refractivity contribution in [1.29, 1.82) is 0 Å². The van der Waals surface area contributed by atoms with Crippen molar-refractivity contribution >= 4 is 23.1 Å². The molecule has 1 N–H and O–H groups in total. The quantitative estimate of drug-likeness (QED) is 0.658. The first kappa shape index (κ1) is 13.1. The predicted molar refractivity (Wildman–Crippen MR) is 71.6 cm³/mol. The van der Waals surface area contributed by atoms with Gasteiger partial charge >= 0.3 is 0 Å². The number of thioether (sulfide) groups is 1. The Morgan fingerprint density at radius 2 is 2.28 bits per heavy atom. The highest BCUT2D eigenvalue weighted by Gasteiger charge is 2.36. The SMILES string of the molecule is CSC1(CNc2cc(F)ccc2[N+](=O)[O-])CCC1. The molecule has 6 heteroatoms. The summed E-state index contributed by atoms with van der Waals surface area (Å²) in [6.07, 6.45) is 5.43. The van der Waals surface area contributed by atoms with Gasteiger partial charge in [-0.15, -0.1) is 0 Å². The maximum Gasteiger partial charge on any atom is 0.292 e. The van der Waals surface area contributed by atoms with Gasteiger partial charge in [-0.1, -0.05) is 6.42 Å². The van der Waals surface area contributed by atoms with Gasteiger partial charge in [0.15, 0.2) is 0 Å². The van der Waals surface area contributed by atoms with E-state index in [1.54, 1.807) is 11.8 Å². The van der Waals surface area contributed by atoms with E-state index < -0.39 is 10.7 Å². The fourth-order valence-electron chi connectivity index (χ4n) is 2.09. The van der Waals surface area contributed by atoms with E-state index in [0.29, 0.717) is 6.54 Å². The van der Waals surface area contributed by atoms with Crippen LogP contribution in [0.5, 0.6) is 0 Å². The van der Waals surface area contributed by atoms with Crippen molar-refractivity contribution in [3.63, 3.8) is 0 Å². The third kappa shape index (κ3) is 2.58. The molecule has 18 heavy (non-hydrogen) atoms. The van der Waals surface area contributed by atoms with Gasteiger partial charge in [-0.05, 0) is 25.2 Å². The number of nitro benzene ring substituents is 1. The zero-order valence-corrected chi connectivity index (χ0v) is 10.9. The Hall–Kier alpha value is -1.30. The van der Waals surface area contributed by atoms with Crippen LogP contribution in [0.3, 0.4) is 0 Å². The van der Waals surface area contributed by atoms with Crippen molar-refractivity contribution in [2.75, 3.05) is 18.1 Å². The predicted octanol–water partition coefficient (Wildman–Crippen LogP) is 3.43. The topological polar surface area (TPSA) is 55.2 Å². The van der Waals surface area contributed by atoms with Crippen molar-refractivity contribution in [2.24, 2.45) is 0 Å². The Kier molecular flexibility index (Phi) is 3.75. The maximum atomic E-state index is 13.1. The molecule has 1 fully saturated rings. The summed E-state index contributed by atoms with van der Waals surface area (Å²) in [5.74, 6) is -0.463. The summed E-state index contributed by atoms with van der Waals surface area (Å²) in [5, 5.41) is 13.9. The van der Waals surface area contributed by atoms with E-state index in [2.05, 4.69) is 5.32 Å². The van der Waals surface area contributed by atoms with Crippen LogP contribution in [0.1, 0.15) is 19.3 Å². The standard InChI is InChI=1S/C12H15FN2O2S/c1-18-12(5-2-6-12)8-14-10-7-9(13)3-4-11(10)15(16)17/h3-4,7,14H,2,5-6,8H2,1H3. The van der Waals surface area contributed by atoms with Crippen LogP contribution in [0.2, 0.25) is 0 Å². The summed E-state index contributed by atoms with van der Waals surface area (Å²) < 4.78 is 13.3. The fourth-order valence-corrected chi connectivity index (χ4v) is 3.00. The third-order valence-electron chi connectivity index (χ3n) is 3.45. The second kappa shape index (κ2) is 5.14. The zero-order chi connectivity index (χ0) is 13.2. The largest absolute Gasteiger partial charge is 0.378 e. The number of anilines is 1. The molecule has 0 aliphatic heterocycles. The van der Waals surface area contributed by atoms with E-state index >= 15 is 0 Å². The molecule has 1 aromatic rings. The van der Waals surface area contributed by atoms with Crippen molar-refractivity contribution in [3.05, 3.63) is 34.1 Å². The highest BCUT2D eigenvalue weighted by atomic mass is 32.2. The normalized spacial score (nSPS) is 17.0. The van der Waals surface area contributed by atoms with Crippen LogP contribution in [0.4, 0.5) is 15.8 Å². The highest BCUT2D eigenvalue weighted by Crippen LogP contribution is 2.43. The molecule has 0 unspecified atom stereocenters. The van der Waals surface area contributed by atoms with Gasteiger partial charge in [-0.2, -0.15) is 11.8 Å². The molecular weight excluding hydrogens is 255 g/mol. The molecule has 1 aliphatic carbocycles. The van der Waals surface area contributed by atoms with Crippen LogP contribution in [0.15, 0.2) is 18.2 Å². The lowest BCUT2D eigenvalue weighted by molar-refractivity contribution is -0.384. The number of hydrogen-bond acceptors (Lipinski definition) is 4. The summed E-state index contributed by atoms with van der Waals surface area (Å²) in [6.45, 7) is 0.637. The number of rotatable bonds is 5. The van der Waals surface area contributed by atoms with Crippen LogP contribution in [0, 0.1) is 15.9 Å². The summed E-state index contributed by atoms with van der Waals surface area (Å²) in [5.41, 5.74) is 0.187. The Morgan fingerprint density at radius 3 is 2.78 bits per heavy atom. The van der Waals surface area contributed by atoms with Crippen molar-refractivity contribution in [2.45, 2.75) is 24.0 Å². The number of halogens is 1. The molecule has 0 atom stereocenters. The highest BCUT2D eigenvalue weighted by molar-refractivity contribution is 8.00. The number of benzene rings is 1. The first-order chi connectivity index (χ1) is 8.56. The van der Waals surface area contributed by atoms with Gasteiger partial charge in [0.1, 0.15) is 11.5 Å². The minimum Gasteiger partial charge on any atom is -0.378 e. The second-order valence-corrected chi connectivity index (χ2v) is 5.79. The lowest BCUT2D eigenvalue weighted by Gasteiger charge is -2.40. The van der Waals surface area contributed by atoms with Gasteiger partial charge in [0.25, 0.3) is 5.69 Å². The average molecular weight is 270 g/mol. The lowest BCUT2D eigenvalue weighted by Crippen LogP contribution is -2.40. The molecule has 4 nitrogen and oxygen atoms in total. The molecular formula is C12H15FN2O2S. The molecule has 1 saturated carbocycles. The Bertz CT molecular complexity index is 458. The maximum absolute atomic E-state index is 13.1. The van der Waals surface area contributed by atoms with Crippen LogP contribution in [0.25, 0.3) is 0 Å². The van der Waals surface area contributed by atoms with Crippen molar-refractivity contribution in [3.8, 4) is 0 Å². The molecule has 1 aromatic carbocycles. The van der Waals surface area contributed by atoms with Crippen molar-refractivity contribution < 1.29 is 9.31 Å². The van der Waals surface area contributed by atoms with Gasteiger partial charge in [-0.25, -0.2) is 4.39 Å². The molecule has 98 valence electrons. The van der Waals surface area contributed by atoms with Gasteiger partial charge in [0.05, 0.1) is 4.92 Å². The Labute approximate surface area is 109 Å². The molecule has 0 bridgehead atoms. The van der Waals surface area contributed by atoms with Gasteiger partial charge < -0.3 is 5.32 Å². The summed E-state index contributed by atoms with van der Waals surface area (Å²) >= 11 is 1.77. The number of nitrogens with zero attached hydrogens (tertiary/aromatic N) is 1. The fraction of sp³-hybridized carbons (Fsp3) is 0.500. The minimum atomic E-state index is -0.492. The molecule has 0 heterocycles. The number of nitrogens with one attached hydrogen (secondary N) is 1.